The van der Waals surface area contributed by atoms with Crippen LogP contribution in [0.1, 0.15) is 5.56 Å². The largest absolute Gasteiger partial charge is 0.259 e. The summed E-state index contributed by atoms with van der Waals surface area (Å²) < 4.78 is 12.5. The smallest absolute Gasteiger partial charge is 0.235 e. The Morgan fingerprint density at radius 1 is 1.54 bits per heavy atom. The minimum atomic E-state index is -0.611. The van der Waals surface area contributed by atoms with Gasteiger partial charge in [-0.25, -0.2) is 4.39 Å². The second kappa shape index (κ2) is 4.00. The van der Waals surface area contributed by atoms with E-state index in [2.05, 4.69) is 0 Å². The van der Waals surface area contributed by atoms with E-state index in [1.54, 1.807) is 0 Å². The number of nitrogens with zero attached hydrogens (tertiary/aromatic N) is 1. The molecular formula is C8H5ClFNO2. The molecule has 0 N–H and O–H groups in total. The standard InChI is InChI=1S/C8H5ClFNO2/c9-8-5-7(10)2-1-6(8)3-4-11(12)13/h1-5H/b4-3+. The number of hydrogen-bond donors (Lipinski definition) is 0. The predicted molar refractivity (Wildman–Crippen MR) is 47.4 cm³/mol. The van der Waals surface area contributed by atoms with Gasteiger partial charge in [0.1, 0.15) is 5.82 Å². The van der Waals surface area contributed by atoms with Crippen molar-refractivity contribution in [2.75, 3.05) is 0 Å². The molecule has 13 heavy (non-hydrogen) atoms. The molecule has 0 bridgehead atoms. The summed E-state index contributed by atoms with van der Waals surface area (Å²) in [6, 6.07) is 3.66. The number of hydrogen-bond acceptors (Lipinski definition) is 2. The predicted octanol–water partition coefficient (Wildman–Crippen LogP) is 2.73. The first-order chi connectivity index (χ1) is 6.09. The molecule has 0 atom stereocenters. The molecule has 68 valence electrons. The summed E-state index contributed by atoms with van der Waals surface area (Å²) in [5, 5.41) is 10.1. The van der Waals surface area contributed by atoms with Crippen LogP contribution >= 0.6 is 11.6 Å². The molecule has 0 aliphatic heterocycles. The molecule has 0 fully saturated rings. The van der Waals surface area contributed by atoms with Crippen molar-refractivity contribution < 1.29 is 9.31 Å². The summed E-state index contributed by atoms with van der Waals surface area (Å²) in [7, 11) is 0. The lowest BCUT2D eigenvalue weighted by atomic mass is 10.2. The van der Waals surface area contributed by atoms with Crippen molar-refractivity contribution in [3.63, 3.8) is 0 Å². The Hall–Kier alpha value is -1.42. The van der Waals surface area contributed by atoms with Gasteiger partial charge in [0.15, 0.2) is 0 Å². The van der Waals surface area contributed by atoms with E-state index < -0.39 is 10.7 Å². The van der Waals surface area contributed by atoms with Crippen molar-refractivity contribution in [3.8, 4) is 0 Å². The first-order valence-corrected chi connectivity index (χ1v) is 3.74. The van der Waals surface area contributed by atoms with E-state index in [1.807, 2.05) is 0 Å². The third-order valence-electron chi connectivity index (χ3n) is 1.34. The van der Waals surface area contributed by atoms with Crippen LogP contribution in [0, 0.1) is 15.9 Å². The van der Waals surface area contributed by atoms with Crippen LogP contribution in [0.15, 0.2) is 24.4 Å². The molecule has 0 aliphatic rings. The van der Waals surface area contributed by atoms with Crippen LogP contribution in [0.25, 0.3) is 6.08 Å². The van der Waals surface area contributed by atoms with E-state index in [1.165, 1.54) is 18.2 Å². The fourth-order valence-corrected chi connectivity index (χ4v) is 1.01. The van der Waals surface area contributed by atoms with Crippen LogP contribution in [-0.2, 0) is 0 Å². The molecule has 3 nitrogen and oxygen atoms in total. The Bertz CT molecular complexity index is 365. The van der Waals surface area contributed by atoms with Gasteiger partial charge in [0.05, 0.1) is 9.95 Å². The molecule has 0 unspecified atom stereocenters. The quantitative estimate of drug-likeness (QED) is 0.545. The zero-order valence-electron chi connectivity index (χ0n) is 6.41. The van der Waals surface area contributed by atoms with Crippen molar-refractivity contribution in [2.24, 2.45) is 0 Å². The monoisotopic (exact) mass is 201 g/mol. The van der Waals surface area contributed by atoms with Crippen molar-refractivity contribution in [1.82, 2.24) is 0 Å². The van der Waals surface area contributed by atoms with Crippen LogP contribution in [0.4, 0.5) is 4.39 Å². The minimum absolute atomic E-state index is 0.151. The number of benzene rings is 1. The molecule has 0 amide bonds. The summed E-state index contributed by atoms with van der Waals surface area (Å²) in [6.07, 6.45) is 1.96. The summed E-state index contributed by atoms with van der Waals surface area (Å²) in [4.78, 5) is 9.34. The van der Waals surface area contributed by atoms with E-state index in [-0.39, 0.29) is 5.02 Å². The van der Waals surface area contributed by atoms with Gasteiger partial charge in [-0.1, -0.05) is 17.7 Å². The summed E-state index contributed by atoms with van der Waals surface area (Å²) >= 11 is 5.60. The molecule has 0 saturated heterocycles. The van der Waals surface area contributed by atoms with E-state index in [9.17, 15) is 14.5 Å². The van der Waals surface area contributed by atoms with Crippen molar-refractivity contribution in [2.45, 2.75) is 0 Å². The van der Waals surface area contributed by atoms with E-state index in [0.29, 0.717) is 5.56 Å². The molecule has 0 radical (unpaired) electrons. The Kier molecular flexibility index (Phi) is 2.97. The topological polar surface area (TPSA) is 43.1 Å². The van der Waals surface area contributed by atoms with Crippen LogP contribution in [-0.4, -0.2) is 4.92 Å². The Labute approximate surface area is 78.6 Å². The molecule has 5 heteroatoms. The number of rotatable bonds is 2. The highest BCUT2D eigenvalue weighted by Gasteiger charge is 1.99. The van der Waals surface area contributed by atoms with E-state index >= 15 is 0 Å². The highest BCUT2D eigenvalue weighted by Crippen LogP contribution is 2.18. The van der Waals surface area contributed by atoms with Gasteiger partial charge >= 0.3 is 0 Å². The van der Waals surface area contributed by atoms with Crippen molar-refractivity contribution in [3.05, 3.63) is 50.9 Å². The van der Waals surface area contributed by atoms with Gasteiger partial charge in [0, 0.05) is 6.08 Å². The maximum atomic E-state index is 12.5. The summed E-state index contributed by atoms with van der Waals surface area (Å²) in [5.41, 5.74) is 0.416. The summed E-state index contributed by atoms with van der Waals surface area (Å²) in [6.45, 7) is 0. The lowest BCUT2D eigenvalue weighted by Crippen LogP contribution is -1.83. The van der Waals surface area contributed by atoms with Gasteiger partial charge in [0.25, 0.3) is 0 Å². The lowest BCUT2D eigenvalue weighted by Gasteiger charge is -1.95. The van der Waals surface area contributed by atoms with Crippen molar-refractivity contribution >= 4 is 17.7 Å². The Morgan fingerprint density at radius 3 is 2.77 bits per heavy atom. The van der Waals surface area contributed by atoms with Gasteiger partial charge in [-0.15, -0.1) is 0 Å². The maximum Gasteiger partial charge on any atom is 0.235 e. The average Bonchev–Trinajstić information content (AvgIpc) is 2.02. The maximum absolute atomic E-state index is 12.5. The van der Waals surface area contributed by atoms with Gasteiger partial charge in [0.2, 0.25) is 6.20 Å². The van der Waals surface area contributed by atoms with E-state index in [4.69, 9.17) is 11.6 Å². The first kappa shape index (κ1) is 9.67. The molecule has 0 saturated carbocycles. The zero-order chi connectivity index (χ0) is 9.84. The second-order valence-electron chi connectivity index (χ2n) is 2.27. The van der Waals surface area contributed by atoms with Crippen LogP contribution < -0.4 is 0 Å². The van der Waals surface area contributed by atoms with Crippen LogP contribution in [0.5, 0.6) is 0 Å². The third kappa shape index (κ3) is 2.83. The highest BCUT2D eigenvalue weighted by molar-refractivity contribution is 6.32. The van der Waals surface area contributed by atoms with Crippen LogP contribution in [0.2, 0.25) is 5.02 Å². The Morgan fingerprint density at radius 2 is 2.23 bits per heavy atom. The first-order valence-electron chi connectivity index (χ1n) is 3.36. The summed E-state index contributed by atoms with van der Waals surface area (Å²) in [5.74, 6) is -0.469. The van der Waals surface area contributed by atoms with Crippen LogP contribution in [0.3, 0.4) is 0 Å². The number of nitro groups is 1. The highest BCUT2D eigenvalue weighted by atomic mass is 35.5. The average molecular weight is 202 g/mol. The molecule has 1 rings (SSSR count). The number of halogens is 2. The third-order valence-corrected chi connectivity index (χ3v) is 1.67. The second-order valence-corrected chi connectivity index (χ2v) is 2.67. The fraction of sp³-hybridized carbons (Fsp3) is 0. The molecule has 1 aromatic carbocycles. The van der Waals surface area contributed by atoms with Gasteiger partial charge in [-0.05, 0) is 17.7 Å². The molecule has 0 spiro atoms. The zero-order valence-corrected chi connectivity index (χ0v) is 7.16. The molecule has 0 aromatic heterocycles. The van der Waals surface area contributed by atoms with Crippen molar-refractivity contribution in [1.29, 1.82) is 0 Å². The minimum Gasteiger partial charge on any atom is -0.259 e. The fourth-order valence-electron chi connectivity index (χ4n) is 0.778. The SMILES string of the molecule is O=[N+]([O-])/C=C/c1ccc(F)cc1Cl. The van der Waals surface area contributed by atoms with Gasteiger partial charge < -0.3 is 0 Å². The van der Waals surface area contributed by atoms with E-state index in [0.717, 1.165) is 12.3 Å². The molecule has 0 heterocycles. The van der Waals surface area contributed by atoms with Gasteiger partial charge in [-0.3, -0.25) is 10.1 Å². The normalized spacial score (nSPS) is 10.6. The lowest BCUT2D eigenvalue weighted by molar-refractivity contribution is -0.400. The molecule has 1 aromatic rings. The molecular weight excluding hydrogens is 197 g/mol. The van der Waals surface area contributed by atoms with Gasteiger partial charge in [-0.2, -0.15) is 0 Å². The molecule has 0 aliphatic carbocycles. The Balaban J connectivity index is 2.96.